The summed E-state index contributed by atoms with van der Waals surface area (Å²) in [5, 5.41) is 10.6. The number of carbonyl (C=O) groups is 3. The summed E-state index contributed by atoms with van der Waals surface area (Å²) in [4.78, 5) is 46.9. The molecule has 1 atom stereocenters. The van der Waals surface area contributed by atoms with E-state index in [1.165, 1.54) is 4.90 Å². The Hall–Kier alpha value is -4.99. The van der Waals surface area contributed by atoms with Crippen molar-refractivity contribution in [2.24, 2.45) is 0 Å². The molecule has 1 N–H and O–H groups in total. The first-order valence-corrected chi connectivity index (χ1v) is 13.5. The summed E-state index contributed by atoms with van der Waals surface area (Å²) in [5.74, 6) is -1.03. The standard InChI is InChI=1S/C20H25F2N7O3.C7H5N3O/c1-13-10-28(25-24-13)11-15-12-29(20(31)32-15)14-7-16(21)19(17(22)8-14)27-5-3-26(4-6-27)18(30)9-23-2;11-5-6-4-10-3-1-2-8-7(10)9-6/h7-8,10,15,23H,3-6,9,11-12H2,1-2H3;1-5H. The van der Waals surface area contributed by atoms with Crippen LogP contribution < -0.4 is 15.1 Å². The number of imidazole rings is 1. The molecule has 0 aliphatic carbocycles. The van der Waals surface area contributed by atoms with E-state index in [1.807, 2.05) is 0 Å². The van der Waals surface area contributed by atoms with E-state index in [0.29, 0.717) is 50.5 Å². The van der Waals surface area contributed by atoms with Crippen LogP contribution in [0.15, 0.2) is 43.0 Å². The first-order chi connectivity index (χ1) is 20.7. The zero-order valence-corrected chi connectivity index (χ0v) is 23.6. The minimum atomic E-state index is -0.766. The highest BCUT2D eigenvalue weighted by molar-refractivity contribution is 5.90. The number of aldehydes is 1. The second-order valence-corrected chi connectivity index (χ2v) is 9.97. The van der Waals surface area contributed by atoms with E-state index in [-0.39, 0.29) is 30.4 Å². The third-order valence-electron chi connectivity index (χ3n) is 6.88. The lowest BCUT2D eigenvalue weighted by Gasteiger charge is -2.36. The van der Waals surface area contributed by atoms with Crippen molar-refractivity contribution in [3.05, 3.63) is 66.0 Å². The number of likely N-dealkylation sites (N-methyl/N-ethyl adjacent to an activating group) is 1. The number of anilines is 2. The van der Waals surface area contributed by atoms with Gasteiger partial charge in [0.05, 0.1) is 31.0 Å². The molecule has 1 unspecified atom stereocenters. The zero-order valence-electron chi connectivity index (χ0n) is 23.6. The fourth-order valence-electron chi connectivity index (χ4n) is 4.88. The Bertz CT molecular complexity index is 1560. The molecule has 0 radical (unpaired) electrons. The highest BCUT2D eigenvalue weighted by Crippen LogP contribution is 2.31. The minimum Gasteiger partial charge on any atom is -0.442 e. The molecule has 16 heteroatoms. The molecular formula is C27H30F2N10O4. The smallest absolute Gasteiger partial charge is 0.414 e. The lowest BCUT2D eigenvalue weighted by Crippen LogP contribution is -2.51. The van der Waals surface area contributed by atoms with Gasteiger partial charge in [-0.05, 0) is 20.0 Å². The summed E-state index contributed by atoms with van der Waals surface area (Å²) in [7, 11) is 1.69. The number of hydrogen-bond donors (Lipinski definition) is 1. The summed E-state index contributed by atoms with van der Waals surface area (Å²) in [6.07, 6.45) is 6.30. The van der Waals surface area contributed by atoms with Gasteiger partial charge in [-0.2, -0.15) is 0 Å². The van der Waals surface area contributed by atoms with E-state index in [0.717, 1.165) is 17.8 Å². The number of nitrogens with one attached hydrogen (secondary N) is 1. The van der Waals surface area contributed by atoms with E-state index in [2.05, 4.69) is 25.6 Å². The molecule has 4 aromatic rings. The van der Waals surface area contributed by atoms with Crippen molar-refractivity contribution in [2.75, 3.05) is 56.1 Å². The summed E-state index contributed by atoms with van der Waals surface area (Å²) in [6.45, 7) is 3.84. The first kappa shape index (κ1) is 29.5. The maximum Gasteiger partial charge on any atom is 0.414 e. The zero-order chi connectivity index (χ0) is 30.5. The van der Waals surface area contributed by atoms with Gasteiger partial charge in [-0.1, -0.05) is 5.21 Å². The van der Waals surface area contributed by atoms with Gasteiger partial charge in [-0.3, -0.25) is 18.9 Å². The van der Waals surface area contributed by atoms with E-state index in [9.17, 15) is 23.2 Å². The van der Waals surface area contributed by atoms with E-state index >= 15 is 0 Å². The van der Waals surface area contributed by atoms with Gasteiger partial charge in [0.2, 0.25) is 11.7 Å². The number of rotatable bonds is 7. The number of ether oxygens (including phenoxy) is 1. The molecule has 0 saturated carbocycles. The van der Waals surface area contributed by atoms with Crippen molar-refractivity contribution in [2.45, 2.75) is 19.6 Å². The SMILES string of the molecule is CNCC(=O)N1CCN(c2c(F)cc(N3CC(Cn4cc(C)nn4)OC3=O)cc2F)CC1.O=Cc1cn2cccnc2n1. The Kier molecular flexibility index (Phi) is 8.85. The fraction of sp³-hybridized carbons (Fsp3) is 0.370. The number of amides is 2. The van der Waals surface area contributed by atoms with Crippen LogP contribution in [0.5, 0.6) is 0 Å². The number of halogens is 2. The van der Waals surface area contributed by atoms with Crippen LogP contribution in [0.1, 0.15) is 16.2 Å². The Morgan fingerprint density at radius 1 is 1.16 bits per heavy atom. The molecule has 2 amide bonds. The van der Waals surface area contributed by atoms with Gasteiger partial charge in [0.15, 0.2) is 17.9 Å². The summed E-state index contributed by atoms with van der Waals surface area (Å²) < 4.78 is 38.4. The molecule has 226 valence electrons. The topological polar surface area (TPSA) is 143 Å². The number of aryl methyl sites for hydroxylation is 1. The number of benzene rings is 1. The molecule has 3 aromatic heterocycles. The monoisotopic (exact) mass is 596 g/mol. The Morgan fingerprint density at radius 3 is 2.53 bits per heavy atom. The first-order valence-electron chi connectivity index (χ1n) is 13.5. The van der Waals surface area contributed by atoms with Crippen LogP contribution in [-0.2, 0) is 16.1 Å². The third kappa shape index (κ3) is 6.74. The van der Waals surface area contributed by atoms with Gasteiger partial charge in [0.1, 0.15) is 17.5 Å². The second-order valence-electron chi connectivity index (χ2n) is 9.97. The third-order valence-corrected chi connectivity index (χ3v) is 6.88. The van der Waals surface area contributed by atoms with Crippen LogP contribution in [0.2, 0.25) is 0 Å². The van der Waals surface area contributed by atoms with E-state index < -0.39 is 23.8 Å². The van der Waals surface area contributed by atoms with Gasteiger partial charge in [-0.15, -0.1) is 5.10 Å². The van der Waals surface area contributed by atoms with Crippen LogP contribution >= 0.6 is 0 Å². The van der Waals surface area contributed by atoms with Crippen LogP contribution in [-0.4, -0.2) is 105 Å². The number of cyclic esters (lactones) is 1. The van der Waals surface area contributed by atoms with Crippen LogP contribution in [0.3, 0.4) is 0 Å². The molecule has 0 bridgehead atoms. The Labute approximate surface area is 244 Å². The van der Waals surface area contributed by atoms with Crippen LogP contribution in [0.25, 0.3) is 5.78 Å². The predicted molar refractivity (Wildman–Crippen MR) is 150 cm³/mol. The lowest BCUT2D eigenvalue weighted by molar-refractivity contribution is -0.130. The predicted octanol–water partition coefficient (Wildman–Crippen LogP) is 1.30. The van der Waals surface area contributed by atoms with Crippen molar-refractivity contribution < 1.29 is 27.9 Å². The lowest BCUT2D eigenvalue weighted by atomic mass is 10.2. The Morgan fingerprint density at radius 2 is 1.91 bits per heavy atom. The average molecular weight is 597 g/mol. The van der Waals surface area contributed by atoms with Gasteiger partial charge in [0.25, 0.3) is 0 Å². The molecule has 1 aromatic carbocycles. The van der Waals surface area contributed by atoms with Crippen LogP contribution in [0.4, 0.5) is 25.0 Å². The molecular weight excluding hydrogens is 566 g/mol. The molecule has 43 heavy (non-hydrogen) atoms. The number of fused-ring (bicyclic) bond motifs is 1. The van der Waals surface area contributed by atoms with Crippen molar-refractivity contribution in [1.82, 2.24) is 39.6 Å². The second kappa shape index (κ2) is 12.9. The molecule has 2 fully saturated rings. The van der Waals surface area contributed by atoms with Crippen molar-refractivity contribution in [3.63, 3.8) is 0 Å². The van der Waals surface area contributed by atoms with Gasteiger partial charge in [-0.25, -0.2) is 28.2 Å². The highest BCUT2D eigenvalue weighted by Gasteiger charge is 2.34. The van der Waals surface area contributed by atoms with Crippen LogP contribution in [0, 0.1) is 18.6 Å². The number of hydrogen-bond acceptors (Lipinski definition) is 10. The summed E-state index contributed by atoms with van der Waals surface area (Å²) in [6, 6.07) is 4.06. The largest absolute Gasteiger partial charge is 0.442 e. The molecule has 6 rings (SSSR count). The molecule has 2 aliphatic rings. The van der Waals surface area contributed by atoms with E-state index in [1.54, 1.807) is 63.7 Å². The van der Waals surface area contributed by atoms with Gasteiger partial charge < -0.3 is 19.9 Å². The normalized spacial score (nSPS) is 16.7. The van der Waals surface area contributed by atoms with Crippen molar-refractivity contribution >= 4 is 35.4 Å². The summed E-state index contributed by atoms with van der Waals surface area (Å²) >= 11 is 0. The molecule has 14 nitrogen and oxygen atoms in total. The maximum absolute atomic E-state index is 14.9. The van der Waals surface area contributed by atoms with E-state index in [4.69, 9.17) is 4.74 Å². The minimum absolute atomic E-state index is 0.0494. The average Bonchev–Trinajstić information content (AvgIpc) is 3.71. The fourth-order valence-corrected chi connectivity index (χ4v) is 4.88. The number of nitrogens with zero attached hydrogens (tertiary/aromatic N) is 9. The number of piperazine rings is 1. The van der Waals surface area contributed by atoms with Gasteiger partial charge in [0, 0.05) is 63.1 Å². The molecule has 0 spiro atoms. The van der Waals surface area contributed by atoms with Crippen molar-refractivity contribution in [1.29, 1.82) is 0 Å². The maximum atomic E-state index is 14.9. The Balaban J connectivity index is 0.000000279. The number of aromatic nitrogens is 6. The van der Waals surface area contributed by atoms with Crippen molar-refractivity contribution in [3.8, 4) is 0 Å². The number of carbonyl (C=O) groups excluding carboxylic acids is 3. The van der Waals surface area contributed by atoms with Gasteiger partial charge >= 0.3 is 6.09 Å². The highest BCUT2D eigenvalue weighted by atomic mass is 19.1. The molecule has 5 heterocycles. The molecule has 2 saturated heterocycles. The summed E-state index contributed by atoms with van der Waals surface area (Å²) in [5.41, 5.74) is 1.08. The molecule has 2 aliphatic heterocycles. The quantitative estimate of drug-likeness (QED) is 0.310.